The zero-order chi connectivity index (χ0) is 9.03. The van der Waals surface area contributed by atoms with Gasteiger partial charge in [0.15, 0.2) is 0 Å². The molecule has 0 aliphatic carbocycles. The van der Waals surface area contributed by atoms with E-state index in [1.807, 2.05) is 30.3 Å². The van der Waals surface area contributed by atoms with Crippen molar-refractivity contribution in [1.29, 1.82) is 0 Å². The number of hydrogen-bond donors (Lipinski definition) is 0. The van der Waals surface area contributed by atoms with Crippen molar-refractivity contribution in [2.75, 3.05) is 0 Å². The Labute approximate surface area is 87.2 Å². The number of rotatable bonds is 3. The predicted octanol–water partition coefficient (Wildman–Crippen LogP) is 3.73. The first-order valence-corrected chi connectivity index (χ1v) is 13.8. The molecule has 1 rings (SSSR count). The fourth-order valence-electron chi connectivity index (χ4n) is 0.739. The molecule has 0 spiro atoms. The summed E-state index contributed by atoms with van der Waals surface area (Å²) in [6, 6.07) is 9.64. The molecule has 12 heavy (non-hydrogen) atoms. The first-order chi connectivity index (χ1) is 5.58. The van der Waals surface area contributed by atoms with Crippen molar-refractivity contribution in [3.63, 3.8) is 0 Å². The van der Waals surface area contributed by atoms with E-state index < -0.39 is 17.1 Å². The zero-order valence-corrected chi connectivity index (χ0v) is 10.9. The molecule has 5 heteroatoms. The number of hydrogen-bond acceptors (Lipinski definition) is 1. The van der Waals surface area contributed by atoms with Crippen LogP contribution in [-0.4, -0.2) is 0 Å². The van der Waals surface area contributed by atoms with Gasteiger partial charge in [0.2, 0.25) is 0 Å². The van der Waals surface area contributed by atoms with Crippen LogP contribution in [-0.2, 0) is 26.5 Å². The van der Waals surface area contributed by atoms with Gasteiger partial charge in [0.05, 0.1) is 0 Å². The Morgan fingerprint density at radius 2 is 1.67 bits per heavy atom. The van der Waals surface area contributed by atoms with Gasteiger partial charge >= 0.3 is 88.0 Å². The van der Waals surface area contributed by atoms with E-state index in [1.165, 1.54) is 0 Å². The Hall–Kier alpha value is 0.933. The fourth-order valence-corrected chi connectivity index (χ4v) is 2.52. The molecule has 1 aromatic carbocycles. The summed E-state index contributed by atoms with van der Waals surface area (Å²) in [7, 11) is 16.8. The van der Waals surface area contributed by atoms with Gasteiger partial charge in [-0.2, -0.15) is 0 Å². The molecule has 0 unspecified atom stereocenters. The minimum atomic E-state index is -3.59. The SMILES string of the molecule is [Cl][Zr]([Cl])([Cl])[O]Cc1ccccc1. The number of halogens is 3. The molecule has 0 bridgehead atoms. The molecule has 0 N–H and O–H groups in total. The van der Waals surface area contributed by atoms with Gasteiger partial charge < -0.3 is 0 Å². The Bertz CT molecular complexity index is 234. The third-order valence-electron chi connectivity index (χ3n) is 1.25. The van der Waals surface area contributed by atoms with Crippen molar-refractivity contribution in [2.45, 2.75) is 6.61 Å². The van der Waals surface area contributed by atoms with Gasteiger partial charge in [-0.15, -0.1) is 0 Å². The third-order valence-corrected chi connectivity index (χ3v) is 4.34. The van der Waals surface area contributed by atoms with Gasteiger partial charge in [0.1, 0.15) is 0 Å². The predicted molar refractivity (Wildman–Crippen MR) is 48.8 cm³/mol. The molecule has 0 heterocycles. The third kappa shape index (κ3) is 4.84. The number of benzene rings is 1. The van der Waals surface area contributed by atoms with E-state index in [2.05, 4.69) is 0 Å². The topological polar surface area (TPSA) is 9.23 Å². The zero-order valence-electron chi connectivity index (χ0n) is 6.14. The van der Waals surface area contributed by atoms with Crippen molar-refractivity contribution < 1.29 is 19.9 Å². The first-order valence-electron chi connectivity index (χ1n) is 3.32. The van der Waals surface area contributed by atoms with Crippen LogP contribution in [0.1, 0.15) is 5.56 Å². The van der Waals surface area contributed by atoms with E-state index in [9.17, 15) is 0 Å². The van der Waals surface area contributed by atoms with Crippen LogP contribution in [0.4, 0.5) is 0 Å². The average Bonchev–Trinajstić information content (AvgIpc) is 2.02. The van der Waals surface area contributed by atoms with Gasteiger partial charge in [-0.3, -0.25) is 0 Å². The second-order valence-corrected chi connectivity index (χ2v) is 18.0. The molecule has 0 aliphatic rings. The van der Waals surface area contributed by atoms with Gasteiger partial charge in [-0.05, 0) is 0 Å². The van der Waals surface area contributed by atoms with Crippen LogP contribution in [0.5, 0.6) is 0 Å². The van der Waals surface area contributed by atoms with E-state index in [4.69, 9.17) is 28.4 Å². The Kier molecular flexibility index (Phi) is 4.56. The first kappa shape index (κ1) is 11.0. The molecular weight excluding hydrogens is 298 g/mol. The van der Waals surface area contributed by atoms with Crippen LogP contribution in [0.25, 0.3) is 0 Å². The maximum absolute atomic E-state index is 5.60. The van der Waals surface area contributed by atoms with Gasteiger partial charge in [0, 0.05) is 0 Å². The summed E-state index contributed by atoms with van der Waals surface area (Å²) in [6.07, 6.45) is 0. The quantitative estimate of drug-likeness (QED) is 0.827. The molecular formula is C7H7Cl3OZr. The monoisotopic (exact) mass is 302 g/mol. The summed E-state index contributed by atoms with van der Waals surface area (Å²) < 4.78 is 5.12. The second-order valence-electron chi connectivity index (χ2n) is 2.22. The van der Waals surface area contributed by atoms with Crippen molar-refractivity contribution in [2.24, 2.45) is 0 Å². The van der Waals surface area contributed by atoms with E-state index >= 15 is 0 Å². The Morgan fingerprint density at radius 3 is 2.17 bits per heavy atom. The normalized spacial score (nSPS) is 11.6. The summed E-state index contributed by atoms with van der Waals surface area (Å²) in [5.74, 6) is 0. The summed E-state index contributed by atoms with van der Waals surface area (Å²) in [6.45, 7) is 0.396. The van der Waals surface area contributed by atoms with Crippen LogP contribution < -0.4 is 0 Å². The fraction of sp³-hybridized carbons (Fsp3) is 0.143. The van der Waals surface area contributed by atoms with Gasteiger partial charge in [0.25, 0.3) is 0 Å². The Morgan fingerprint density at radius 1 is 1.08 bits per heavy atom. The molecule has 66 valence electrons. The minimum absolute atomic E-state index is 0.396. The van der Waals surface area contributed by atoms with Crippen LogP contribution in [0, 0.1) is 0 Å². The van der Waals surface area contributed by atoms with Crippen molar-refractivity contribution in [3.05, 3.63) is 35.9 Å². The van der Waals surface area contributed by atoms with Crippen LogP contribution in [0.3, 0.4) is 0 Å². The van der Waals surface area contributed by atoms with Crippen LogP contribution >= 0.6 is 25.5 Å². The summed E-state index contributed by atoms with van der Waals surface area (Å²) >= 11 is -3.59. The van der Waals surface area contributed by atoms with Crippen molar-refractivity contribution in [1.82, 2.24) is 0 Å². The van der Waals surface area contributed by atoms with E-state index in [1.54, 1.807) is 0 Å². The molecule has 0 saturated heterocycles. The molecule has 1 nitrogen and oxygen atoms in total. The molecule has 0 aromatic heterocycles. The molecule has 1 aromatic rings. The van der Waals surface area contributed by atoms with Crippen molar-refractivity contribution in [3.8, 4) is 0 Å². The molecule has 0 radical (unpaired) electrons. The molecule has 0 atom stereocenters. The molecule has 0 aliphatic heterocycles. The Balaban J connectivity index is 2.44. The second kappa shape index (κ2) is 4.97. The summed E-state index contributed by atoms with van der Waals surface area (Å²) in [5, 5.41) is 0. The molecule has 0 amide bonds. The van der Waals surface area contributed by atoms with E-state index in [-0.39, 0.29) is 0 Å². The van der Waals surface area contributed by atoms with Crippen LogP contribution in [0.2, 0.25) is 0 Å². The van der Waals surface area contributed by atoms with Crippen molar-refractivity contribution >= 4 is 25.5 Å². The standard InChI is InChI=1S/C7H7O.3ClH.Zr/c8-6-7-4-2-1-3-5-7;;;;/h1-5H,6H2;3*1H;/q-1;;;;+4/p-3. The van der Waals surface area contributed by atoms with E-state index in [0.717, 1.165) is 5.56 Å². The summed E-state index contributed by atoms with van der Waals surface area (Å²) in [5.41, 5.74) is 1.03. The molecule has 0 saturated carbocycles. The molecule has 0 fully saturated rings. The summed E-state index contributed by atoms with van der Waals surface area (Å²) in [4.78, 5) is 0. The van der Waals surface area contributed by atoms with E-state index in [0.29, 0.717) is 6.61 Å². The van der Waals surface area contributed by atoms with Crippen LogP contribution in [0.15, 0.2) is 30.3 Å². The van der Waals surface area contributed by atoms with Gasteiger partial charge in [-0.25, -0.2) is 0 Å². The van der Waals surface area contributed by atoms with Gasteiger partial charge in [-0.1, -0.05) is 0 Å². The maximum atomic E-state index is 5.60. The average molecular weight is 305 g/mol.